The van der Waals surface area contributed by atoms with Gasteiger partial charge < -0.3 is 20.3 Å². The summed E-state index contributed by atoms with van der Waals surface area (Å²) in [5.74, 6) is -0.504. The number of amides is 1. The molecule has 0 aliphatic carbocycles. The Labute approximate surface area is 335 Å². The van der Waals surface area contributed by atoms with Crippen molar-refractivity contribution >= 4 is 11.9 Å². The molecule has 6 nitrogen and oxygen atoms in total. The van der Waals surface area contributed by atoms with E-state index in [2.05, 4.69) is 50.4 Å². The molecule has 0 aromatic rings. The van der Waals surface area contributed by atoms with E-state index in [0.717, 1.165) is 77.0 Å². The third-order valence-corrected chi connectivity index (χ3v) is 10.8. The van der Waals surface area contributed by atoms with Crippen LogP contribution in [0.15, 0.2) is 24.3 Å². The highest BCUT2D eigenvalue weighted by atomic mass is 16.5. The molecule has 0 aromatic carbocycles. The maximum atomic E-state index is 13.1. The van der Waals surface area contributed by atoms with Crippen molar-refractivity contribution < 1.29 is 24.5 Å². The number of esters is 1. The van der Waals surface area contributed by atoms with Crippen molar-refractivity contribution in [2.24, 2.45) is 0 Å². The number of carbonyl (C=O) groups excluding carboxylic acids is 2. The molecular formula is C48H91NO5. The van der Waals surface area contributed by atoms with Gasteiger partial charge in [-0.25, -0.2) is 0 Å². The zero-order valence-corrected chi connectivity index (χ0v) is 36.1. The van der Waals surface area contributed by atoms with Crippen molar-refractivity contribution in [1.82, 2.24) is 5.32 Å². The van der Waals surface area contributed by atoms with Crippen LogP contribution in [0, 0.1) is 0 Å². The number of unbranched alkanes of at least 4 members (excludes halogenated alkanes) is 26. The molecule has 3 atom stereocenters. The van der Waals surface area contributed by atoms with Gasteiger partial charge in [0, 0.05) is 6.42 Å². The molecule has 0 aliphatic rings. The second-order valence-electron chi connectivity index (χ2n) is 16.2. The summed E-state index contributed by atoms with van der Waals surface area (Å²) in [6.07, 6.45) is 46.6. The SMILES string of the molecule is CCCCC/C=C\CCCCCC(CC(=O)NC(CO)C(O)CCCCCCCCCCCCCC)OC(=O)CCCCC/C=C\CCCCCCCC. The summed E-state index contributed by atoms with van der Waals surface area (Å²) in [6, 6.07) is -0.703. The molecule has 6 heteroatoms. The number of hydrogen-bond donors (Lipinski definition) is 3. The van der Waals surface area contributed by atoms with Gasteiger partial charge in [0.1, 0.15) is 6.10 Å². The molecule has 0 spiro atoms. The molecule has 3 unspecified atom stereocenters. The van der Waals surface area contributed by atoms with Crippen LogP contribution in [0.25, 0.3) is 0 Å². The largest absolute Gasteiger partial charge is 0.462 e. The van der Waals surface area contributed by atoms with Crippen LogP contribution in [-0.2, 0) is 14.3 Å². The van der Waals surface area contributed by atoms with Gasteiger partial charge in [0.2, 0.25) is 5.91 Å². The van der Waals surface area contributed by atoms with E-state index in [-0.39, 0.29) is 24.9 Å². The van der Waals surface area contributed by atoms with E-state index >= 15 is 0 Å². The highest BCUT2D eigenvalue weighted by Gasteiger charge is 2.24. The van der Waals surface area contributed by atoms with Crippen LogP contribution >= 0.6 is 0 Å². The normalized spacial score (nSPS) is 13.5. The molecule has 3 N–H and O–H groups in total. The maximum Gasteiger partial charge on any atom is 0.306 e. The molecule has 0 fully saturated rings. The van der Waals surface area contributed by atoms with Gasteiger partial charge in [-0.15, -0.1) is 0 Å². The van der Waals surface area contributed by atoms with Gasteiger partial charge in [0.15, 0.2) is 0 Å². The lowest BCUT2D eigenvalue weighted by Crippen LogP contribution is -2.46. The number of allylic oxidation sites excluding steroid dienone is 4. The van der Waals surface area contributed by atoms with Crippen LogP contribution in [-0.4, -0.2) is 46.9 Å². The third kappa shape index (κ3) is 37.3. The van der Waals surface area contributed by atoms with Gasteiger partial charge in [-0.3, -0.25) is 9.59 Å². The van der Waals surface area contributed by atoms with E-state index in [0.29, 0.717) is 19.3 Å². The minimum atomic E-state index is -0.788. The summed E-state index contributed by atoms with van der Waals surface area (Å²) in [4.78, 5) is 26.0. The van der Waals surface area contributed by atoms with Gasteiger partial charge in [-0.05, 0) is 77.0 Å². The van der Waals surface area contributed by atoms with E-state index in [1.807, 2.05) is 0 Å². The number of nitrogens with one attached hydrogen (secondary N) is 1. The van der Waals surface area contributed by atoms with Crippen LogP contribution in [0.4, 0.5) is 0 Å². The number of aliphatic hydroxyl groups is 2. The number of rotatable bonds is 42. The fourth-order valence-corrected chi connectivity index (χ4v) is 7.12. The van der Waals surface area contributed by atoms with Gasteiger partial charge in [0.05, 0.1) is 25.2 Å². The zero-order valence-electron chi connectivity index (χ0n) is 36.1. The Morgan fingerprint density at radius 2 is 0.889 bits per heavy atom. The molecule has 318 valence electrons. The van der Waals surface area contributed by atoms with E-state index in [4.69, 9.17) is 4.74 Å². The Bertz CT molecular complexity index is 858. The van der Waals surface area contributed by atoms with Crippen molar-refractivity contribution in [2.75, 3.05) is 6.61 Å². The van der Waals surface area contributed by atoms with Gasteiger partial charge in [-0.1, -0.05) is 180 Å². The first kappa shape index (κ1) is 52.3. The van der Waals surface area contributed by atoms with Crippen LogP contribution in [0.1, 0.15) is 245 Å². The second-order valence-corrected chi connectivity index (χ2v) is 16.2. The standard InChI is InChI=1S/C48H91NO5/c1-4-7-10-13-16-19-22-24-26-29-32-35-38-41-48(53)54-44(39-36-33-30-27-21-18-15-12-9-6-3)42-47(52)49-45(43-50)46(51)40-37-34-31-28-25-23-20-17-14-11-8-5-2/h18,21,24,26,44-46,50-51H,4-17,19-20,22-23,25,27-43H2,1-3H3,(H,49,52)/b21-18-,26-24-. The molecule has 0 rings (SSSR count). The molecule has 54 heavy (non-hydrogen) atoms. The Kier molecular flexibility index (Phi) is 41.2. The molecule has 0 saturated heterocycles. The lowest BCUT2D eigenvalue weighted by atomic mass is 10.0. The molecular weight excluding hydrogens is 671 g/mol. The molecule has 0 bridgehead atoms. The predicted molar refractivity (Wildman–Crippen MR) is 232 cm³/mol. The van der Waals surface area contributed by atoms with Crippen molar-refractivity contribution in [1.29, 1.82) is 0 Å². The third-order valence-electron chi connectivity index (χ3n) is 10.8. The molecule has 0 saturated carbocycles. The summed E-state index contributed by atoms with van der Waals surface area (Å²) in [5.41, 5.74) is 0. The van der Waals surface area contributed by atoms with E-state index in [1.54, 1.807) is 0 Å². The fourth-order valence-electron chi connectivity index (χ4n) is 7.12. The van der Waals surface area contributed by atoms with Crippen molar-refractivity contribution in [3.05, 3.63) is 24.3 Å². The van der Waals surface area contributed by atoms with Crippen molar-refractivity contribution in [3.8, 4) is 0 Å². The van der Waals surface area contributed by atoms with Crippen LogP contribution < -0.4 is 5.32 Å². The lowest BCUT2D eigenvalue weighted by Gasteiger charge is -2.24. The molecule has 0 aromatic heterocycles. The molecule has 0 radical (unpaired) electrons. The Morgan fingerprint density at radius 3 is 1.37 bits per heavy atom. The first-order valence-corrected chi connectivity index (χ1v) is 23.6. The highest BCUT2D eigenvalue weighted by molar-refractivity contribution is 5.77. The number of aliphatic hydroxyl groups excluding tert-OH is 2. The molecule has 1 amide bonds. The Hall–Kier alpha value is -1.66. The summed E-state index contributed by atoms with van der Waals surface area (Å²) in [7, 11) is 0. The average molecular weight is 762 g/mol. The fraction of sp³-hybridized carbons (Fsp3) is 0.875. The number of ether oxygens (including phenoxy) is 1. The molecule has 0 heterocycles. The number of hydrogen-bond acceptors (Lipinski definition) is 5. The summed E-state index contributed by atoms with van der Waals surface area (Å²) >= 11 is 0. The number of carbonyl (C=O) groups is 2. The minimum Gasteiger partial charge on any atom is -0.462 e. The zero-order chi connectivity index (χ0) is 39.6. The van der Waals surface area contributed by atoms with Crippen LogP contribution in [0.2, 0.25) is 0 Å². The van der Waals surface area contributed by atoms with Gasteiger partial charge in [-0.2, -0.15) is 0 Å². The van der Waals surface area contributed by atoms with Crippen LogP contribution in [0.3, 0.4) is 0 Å². The average Bonchev–Trinajstić information content (AvgIpc) is 3.16. The van der Waals surface area contributed by atoms with Crippen molar-refractivity contribution in [2.45, 2.75) is 264 Å². The van der Waals surface area contributed by atoms with Crippen molar-refractivity contribution in [3.63, 3.8) is 0 Å². The monoisotopic (exact) mass is 762 g/mol. The topological polar surface area (TPSA) is 95.9 Å². The quantitative estimate of drug-likeness (QED) is 0.0327. The molecule has 0 aliphatic heterocycles. The van der Waals surface area contributed by atoms with E-state index in [9.17, 15) is 19.8 Å². The van der Waals surface area contributed by atoms with Gasteiger partial charge in [0.25, 0.3) is 0 Å². The maximum absolute atomic E-state index is 13.1. The van der Waals surface area contributed by atoms with E-state index in [1.165, 1.54) is 122 Å². The summed E-state index contributed by atoms with van der Waals surface area (Å²) in [6.45, 7) is 6.43. The summed E-state index contributed by atoms with van der Waals surface area (Å²) in [5, 5.41) is 23.6. The van der Waals surface area contributed by atoms with Crippen LogP contribution in [0.5, 0.6) is 0 Å². The van der Waals surface area contributed by atoms with E-state index < -0.39 is 18.2 Å². The minimum absolute atomic E-state index is 0.0638. The first-order chi connectivity index (χ1) is 26.5. The Morgan fingerprint density at radius 1 is 0.519 bits per heavy atom. The van der Waals surface area contributed by atoms with Gasteiger partial charge >= 0.3 is 5.97 Å². The predicted octanol–water partition coefficient (Wildman–Crippen LogP) is 13.6. The smallest absolute Gasteiger partial charge is 0.306 e. The lowest BCUT2D eigenvalue weighted by molar-refractivity contribution is -0.151. The Balaban J connectivity index is 4.57. The highest BCUT2D eigenvalue weighted by Crippen LogP contribution is 2.17. The second kappa shape index (κ2) is 42.5. The first-order valence-electron chi connectivity index (χ1n) is 23.6. The summed E-state index contributed by atoms with van der Waals surface area (Å²) < 4.78 is 5.88.